The molecule has 0 spiro atoms. The van der Waals surface area contributed by atoms with Crippen LogP contribution in [-0.2, 0) is 17.5 Å². The molecule has 1 aliphatic rings. The molecule has 1 atom stereocenters. The lowest BCUT2D eigenvalue weighted by Crippen LogP contribution is -2.44. The van der Waals surface area contributed by atoms with Crippen LogP contribution < -0.4 is 4.74 Å². The number of methoxy groups -OCH3 is 1. The van der Waals surface area contributed by atoms with Crippen LogP contribution in [0.15, 0.2) is 83.3 Å². The summed E-state index contributed by atoms with van der Waals surface area (Å²) in [6.07, 6.45) is 0.371. The molecule has 4 rings (SSSR count). The van der Waals surface area contributed by atoms with Crippen molar-refractivity contribution in [3.05, 3.63) is 110 Å². The van der Waals surface area contributed by atoms with Gasteiger partial charge in [0.05, 0.1) is 13.2 Å². The SMILES string of the molecule is COc1ccc(CC(=C2CN(C(c3ccc(Cl)cc3)c3ccc(Cl)cc3)C2)S(=O)[O-])cc1. The second kappa shape index (κ2) is 10.2. The molecule has 0 amide bonds. The Morgan fingerprint density at radius 3 is 1.88 bits per heavy atom. The molecule has 0 aliphatic carbocycles. The van der Waals surface area contributed by atoms with E-state index in [1.165, 1.54) is 0 Å². The van der Waals surface area contributed by atoms with E-state index < -0.39 is 11.1 Å². The van der Waals surface area contributed by atoms with Crippen molar-refractivity contribution in [2.75, 3.05) is 20.2 Å². The van der Waals surface area contributed by atoms with Crippen molar-refractivity contribution in [1.82, 2.24) is 4.90 Å². The zero-order chi connectivity index (χ0) is 22.7. The highest BCUT2D eigenvalue weighted by Crippen LogP contribution is 2.36. The van der Waals surface area contributed by atoms with E-state index in [1.807, 2.05) is 72.8 Å². The predicted octanol–water partition coefficient (Wildman–Crippen LogP) is 5.78. The van der Waals surface area contributed by atoms with Crippen LogP contribution in [0.1, 0.15) is 22.7 Å². The van der Waals surface area contributed by atoms with Crippen LogP contribution in [0.3, 0.4) is 0 Å². The highest BCUT2D eigenvalue weighted by atomic mass is 35.5. The number of benzene rings is 3. The Hall–Kier alpha value is -2.15. The average molecular weight is 487 g/mol. The molecule has 0 saturated carbocycles. The van der Waals surface area contributed by atoms with Gasteiger partial charge in [0.25, 0.3) is 0 Å². The van der Waals surface area contributed by atoms with Crippen LogP contribution in [0.5, 0.6) is 5.75 Å². The molecule has 0 radical (unpaired) electrons. The third-order valence-corrected chi connectivity index (χ3v) is 6.98. The quantitative estimate of drug-likeness (QED) is 0.397. The van der Waals surface area contributed by atoms with Gasteiger partial charge in [-0.2, -0.15) is 0 Å². The molecule has 1 saturated heterocycles. The van der Waals surface area contributed by atoms with Gasteiger partial charge in [0.2, 0.25) is 0 Å². The van der Waals surface area contributed by atoms with Gasteiger partial charge in [-0.3, -0.25) is 9.11 Å². The summed E-state index contributed by atoms with van der Waals surface area (Å²) >= 11 is 9.91. The second-order valence-corrected chi connectivity index (χ2v) is 9.53. The third kappa shape index (κ3) is 5.25. The van der Waals surface area contributed by atoms with Crippen LogP contribution in [0, 0.1) is 0 Å². The van der Waals surface area contributed by atoms with Gasteiger partial charge in [-0.15, -0.1) is 0 Å². The minimum Gasteiger partial charge on any atom is -0.769 e. The number of rotatable bonds is 7. The Morgan fingerprint density at radius 2 is 1.44 bits per heavy atom. The van der Waals surface area contributed by atoms with E-state index in [4.69, 9.17) is 27.9 Å². The lowest BCUT2D eigenvalue weighted by Gasteiger charge is -2.42. The number of hydrogen-bond donors (Lipinski definition) is 0. The number of nitrogens with zero attached hydrogens (tertiary/aromatic N) is 1. The molecule has 166 valence electrons. The number of likely N-dealkylation sites (tertiary alicyclic amines) is 1. The standard InChI is InChI=1S/C25H23Cl2NO3S/c1-31-23-12-2-17(3-13-23)14-24(32(29)30)20-15-28(16-20)25(18-4-8-21(26)9-5-18)19-6-10-22(27)11-7-19/h2-13,25H,14-16H2,1H3,(H,29,30)/p-1. The summed E-state index contributed by atoms with van der Waals surface area (Å²) in [4.78, 5) is 2.71. The topological polar surface area (TPSA) is 52.6 Å². The van der Waals surface area contributed by atoms with Crippen LogP contribution in [0.2, 0.25) is 10.0 Å². The van der Waals surface area contributed by atoms with Crippen molar-refractivity contribution in [1.29, 1.82) is 0 Å². The average Bonchev–Trinajstić information content (AvgIpc) is 2.77. The summed E-state index contributed by atoms with van der Waals surface area (Å²) in [5.41, 5.74) is 4.05. The van der Waals surface area contributed by atoms with E-state index in [1.54, 1.807) is 7.11 Å². The van der Waals surface area contributed by atoms with E-state index >= 15 is 0 Å². The van der Waals surface area contributed by atoms with Crippen molar-refractivity contribution in [2.45, 2.75) is 12.5 Å². The van der Waals surface area contributed by atoms with Crippen LogP contribution in [0.4, 0.5) is 0 Å². The van der Waals surface area contributed by atoms with Crippen molar-refractivity contribution in [2.24, 2.45) is 0 Å². The van der Waals surface area contributed by atoms with Gasteiger partial charge in [-0.05, 0) is 69.7 Å². The van der Waals surface area contributed by atoms with Crippen LogP contribution in [-0.4, -0.2) is 33.9 Å². The first kappa shape index (κ1) is 23.0. The minimum atomic E-state index is -2.28. The van der Waals surface area contributed by atoms with Gasteiger partial charge >= 0.3 is 0 Å². The Bertz CT molecular complexity index is 1080. The third-order valence-electron chi connectivity index (χ3n) is 5.64. The maximum Gasteiger partial charge on any atom is 0.118 e. The van der Waals surface area contributed by atoms with E-state index in [-0.39, 0.29) is 6.04 Å². The zero-order valence-corrected chi connectivity index (χ0v) is 19.8. The number of hydrogen-bond acceptors (Lipinski definition) is 4. The second-order valence-electron chi connectivity index (χ2n) is 7.70. The molecular weight excluding hydrogens is 465 g/mol. The molecular formula is C25H22Cl2NO3S-. The fraction of sp³-hybridized carbons (Fsp3) is 0.200. The smallest absolute Gasteiger partial charge is 0.118 e. The molecule has 4 nitrogen and oxygen atoms in total. The van der Waals surface area contributed by atoms with E-state index in [2.05, 4.69) is 4.90 Å². The number of allylic oxidation sites excluding steroid dienone is 1. The maximum absolute atomic E-state index is 12.0. The molecule has 7 heteroatoms. The number of ether oxygens (including phenoxy) is 1. The van der Waals surface area contributed by atoms with Crippen LogP contribution >= 0.6 is 23.2 Å². The largest absolute Gasteiger partial charge is 0.769 e. The van der Waals surface area contributed by atoms with Gasteiger partial charge in [-0.1, -0.05) is 59.6 Å². The first-order valence-corrected chi connectivity index (χ1v) is 12.0. The summed E-state index contributed by atoms with van der Waals surface area (Å²) in [6.45, 7) is 1.16. The molecule has 1 heterocycles. The molecule has 0 aromatic heterocycles. The van der Waals surface area contributed by atoms with Crippen LogP contribution in [0.25, 0.3) is 0 Å². The first-order chi connectivity index (χ1) is 15.4. The van der Waals surface area contributed by atoms with Gasteiger partial charge in [0.15, 0.2) is 0 Å². The van der Waals surface area contributed by atoms with Gasteiger partial charge in [-0.25, -0.2) is 0 Å². The summed E-state index contributed by atoms with van der Waals surface area (Å²) < 4.78 is 29.2. The van der Waals surface area contributed by atoms with Crippen molar-refractivity contribution >= 4 is 34.3 Å². The lowest BCUT2D eigenvalue weighted by atomic mass is 9.92. The molecule has 32 heavy (non-hydrogen) atoms. The van der Waals surface area contributed by atoms with E-state index in [0.717, 1.165) is 28.0 Å². The Morgan fingerprint density at radius 1 is 0.938 bits per heavy atom. The molecule has 3 aromatic carbocycles. The van der Waals surface area contributed by atoms with Crippen molar-refractivity contribution in [3.8, 4) is 5.75 Å². The minimum absolute atomic E-state index is 0.0180. The highest BCUT2D eigenvalue weighted by molar-refractivity contribution is 7.83. The first-order valence-electron chi connectivity index (χ1n) is 10.1. The summed E-state index contributed by atoms with van der Waals surface area (Å²) in [6, 6.07) is 23.0. The summed E-state index contributed by atoms with van der Waals surface area (Å²) in [7, 11) is 1.61. The Kier molecular flexibility index (Phi) is 7.33. The van der Waals surface area contributed by atoms with Gasteiger partial charge in [0, 0.05) is 34.5 Å². The monoisotopic (exact) mass is 486 g/mol. The molecule has 0 bridgehead atoms. The van der Waals surface area contributed by atoms with E-state index in [9.17, 15) is 8.76 Å². The van der Waals surface area contributed by atoms with E-state index in [0.29, 0.717) is 34.5 Å². The normalized spacial score (nSPS) is 14.8. The molecule has 1 unspecified atom stereocenters. The van der Waals surface area contributed by atoms with Crippen molar-refractivity contribution < 1.29 is 13.5 Å². The highest BCUT2D eigenvalue weighted by Gasteiger charge is 2.32. The Balaban J connectivity index is 1.59. The molecule has 3 aromatic rings. The zero-order valence-electron chi connectivity index (χ0n) is 17.5. The fourth-order valence-electron chi connectivity index (χ4n) is 3.94. The summed E-state index contributed by atoms with van der Waals surface area (Å²) in [5.74, 6) is 0.745. The lowest BCUT2D eigenvalue weighted by molar-refractivity contribution is 0.200. The van der Waals surface area contributed by atoms with Crippen molar-refractivity contribution in [3.63, 3.8) is 0 Å². The van der Waals surface area contributed by atoms with Gasteiger partial charge < -0.3 is 9.29 Å². The number of halogens is 2. The Labute approximate surface area is 200 Å². The molecule has 0 N–H and O–H groups in total. The molecule has 1 fully saturated rings. The van der Waals surface area contributed by atoms with Gasteiger partial charge in [0.1, 0.15) is 5.75 Å². The summed E-state index contributed by atoms with van der Waals surface area (Å²) in [5, 5.41) is 1.35. The fourth-order valence-corrected chi connectivity index (χ4v) is 4.84. The molecule has 1 aliphatic heterocycles. The predicted molar refractivity (Wildman–Crippen MR) is 129 cm³/mol. The maximum atomic E-state index is 12.0.